The molecule has 2 heteroatoms. The molecule has 2 fully saturated rings. The van der Waals surface area contributed by atoms with Crippen molar-refractivity contribution in [3.8, 4) is 0 Å². The molecule has 0 spiro atoms. The van der Waals surface area contributed by atoms with Gasteiger partial charge in [-0.2, -0.15) is 0 Å². The summed E-state index contributed by atoms with van der Waals surface area (Å²) in [6.07, 6.45) is 11.1. The van der Waals surface area contributed by atoms with Gasteiger partial charge in [0.05, 0.1) is 0 Å². The summed E-state index contributed by atoms with van der Waals surface area (Å²) in [7, 11) is 0. The van der Waals surface area contributed by atoms with Gasteiger partial charge < -0.3 is 10.6 Å². The van der Waals surface area contributed by atoms with Crippen LogP contribution in [0.15, 0.2) is 0 Å². The molecule has 100 valence electrons. The Hall–Kier alpha value is -0.0800. The molecule has 0 radical (unpaired) electrons. The third-order valence-electron chi connectivity index (χ3n) is 4.85. The van der Waals surface area contributed by atoms with Crippen LogP contribution in [0.4, 0.5) is 0 Å². The van der Waals surface area contributed by atoms with E-state index >= 15 is 0 Å². The summed E-state index contributed by atoms with van der Waals surface area (Å²) >= 11 is 0. The summed E-state index contributed by atoms with van der Waals surface area (Å²) < 4.78 is 0. The normalized spacial score (nSPS) is 36.0. The maximum absolute atomic E-state index is 6.18. The van der Waals surface area contributed by atoms with E-state index in [2.05, 4.69) is 11.8 Å². The van der Waals surface area contributed by atoms with E-state index in [1.165, 1.54) is 71.0 Å². The van der Waals surface area contributed by atoms with E-state index in [1.54, 1.807) is 0 Å². The highest BCUT2D eigenvalue weighted by atomic mass is 15.1. The van der Waals surface area contributed by atoms with Gasteiger partial charge in [0.2, 0.25) is 0 Å². The molecule has 1 saturated heterocycles. The molecule has 1 heterocycles. The highest BCUT2D eigenvalue weighted by Crippen LogP contribution is 2.27. The van der Waals surface area contributed by atoms with Gasteiger partial charge >= 0.3 is 0 Å². The predicted molar refractivity (Wildman–Crippen MR) is 74.0 cm³/mol. The van der Waals surface area contributed by atoms with E-state index in [4.69, 9.17) is 5.73 Å². The summed E-state index contributed by atoms with van der Waals surface area (Å²) in [6, 6.07) is 0.490. The van der Waals surface area contributed by atoms with Gasteiger partial charge in [-0.15, -0.1) is 0 Å². The lowest BCUT2D eigenvalue weighted by atomic mass is 9.96. The molecule has 0 aromatic carbocycles. The maximum atomic E-state index is 6.18. The molecule has 2 N–H and O–H groups in total. The molecule has 3 atom stereocenters. The van der Waals surface area contributed by atoms with Crippen molar-refractivity contribution in [2.75, 3.05) is 19.6 Å². The summed E-state index contributed by atoms with van der Waals surface area (Å²) in [5.74, 6) is 1.79. The van der Waals surface area contributed by atoms with Crippen molar-refractivity contribution in [3.63, 3.8) is 0 Å². The van der Waals surface area contributed by atoms with Crippen LogP contribution in [0.1, 0.15) is 58.3 Å². The third-order valence-corrected chi connectivity index (χ3v) is 4.85. The maximum Gasteiger partial charge on any atom is 0.00793 e. The number of rotatable bonds is 4. The van der Waals surface area contributed by atoms with Crippen molar-refractivity contribution in [1.82, 2.24) is 4.90 Å². The lowest BCUT2D eigenvalue weighted by Crippen LogP contribution is -2.36. The molecule has 0 bridgehead atoms. The second kappa shape index (κ2) is 6.75. The van der Waals surface area contributed by atoms with E-state index < -0.39 is 0 Å². The topological polar surface area (TPSA) is 29.3 Å². The molecule has 1 aliphatic carbocycles. The molecule has 2 aliphatic rings. The number of hydrogen-bond acceptors (Lipinski definition) is 2. The quantitative estimate of drug-likeness (QED) is 0.816. The number of likely N-dealkylation sites (tertiary alicyclic amines) is 1. The van der Waals surface area contributed by atoms with E-state index in [-0.39, 0.29) is 0 Å². The Morgan fingerprint density at radius 2 is 1.94 bits per heavy atom. The van der Waals surface area contributed by atoms with Crippen molar-refractivity contribution in [3.05, 3.63) is 0 Å². The van der Waals surface area contributed by atoms with Gasteiger partial charge in [0.1, 0.15) is 0 Å². The lowest BCUT2D eigenvalue weighted by Gasteiger charge is -2.26. The highest BCUT2D eigenvalue weighted by molar-refractivity contribution is 4.83. The monoisotopic (exact) mass is 238 g/mol. The molecule has 3 unspecified atom stereocenters. The first-order valence-electron chi connectivity index (χ1n) is 7.77. The van der Waals surface area contributed by atoms with Crippen molar-refractivity contribution in [1.29, 1.82) is 0 Å². The van der Waals surface area contributed by atoms with E-state index in [0.29, 0.717) is 6.04 Å². The summed E-state index contributed by atoms with van der Waals surface area (Å²) in [5, 5.41) is 0. The molecule has 0 amide bonds. The van der Waals surface area contributed by atoms with Gasteiger partial charge in [0.25, 0.3) is 0 Å². The Morgan fingerprint density at radius 1 is 1.06 bits per heavy atom. The standard InChI is InChI=1S/C15H30N2/c1-2-5-13-6-4-10-17(11-9-13)12-14-7-3-8-15(14)16/h13-15H,2-12,16H2,1H3. The van der Waals surface area contributed by atoms with Gasteiger partial charge in [0.15, 0.2) is 0 Å². The van der Waals surface area contributed by atoms with E-state index in [1.807, 2.05) is 0 Å². The average molecular weight is 238 g/mol. The number of hydrogen-bond donors (Lipinski definition) is 1. The summed E-state index contributed by atoms with van der Waals surface area (Å²) in [4.78, 5) is 2.70. The van der Waals surface area contributed by atoms with Gasteiger partial charge in [0, 0.05) is 12.6 Å². The average Bonchev–Trinajstić information content (AvgIpc) is 2.59. The van der Waals surface area contributed by atoms with Crippen LogP contribution in [0.3, 0.4) is 0 Å². The van der Waals surface area contributed by atoms with E-state index in [0.717, 1.165) is 11.8 Å². The van der Waals surface area contributed by atoms with Crippen molar-refractivity contribution < 1.29 is 0 Å². The van der Waals surface area contributed by atoms with Gasteiger partial charge in [-0.1, -0.05) is 26.2 Å². The fourth-order valence-electron chi connectivity index (χ4n) is 3.73. The van der Waals surface area contributed by atoms with Crippen LogP contribution >= 0.6 is 0 Å². The highest BCUT2D eigenvalue weighted by Gasteiger charge is 2.26. The van der Waals surface area contributed by atoms with Crippen LogP contribution in [0.25, 0.3) is 0 Å². The minimum Gasteiger partial charge on any atom is -0.327 e. The second-order valence-electron chi connectivity index (χ2n) is 6.24. The third kappa shape index (κ3) is 3.96. The fourth-order valence-corrected chi connectivity index (χ4v) is 3.73. The van der Waals surface area contributed by atoms with Gasteiger partial charge in [-0.25, -0.2) is 0 Å². The lowest BCUT2D eigenvalue weighted by molar-refractivity contribution is 0.227. The zero-order valence-corrected chi connectivity index (χ0v) is 11.5. The first-order valence-corrected chi connectivity index (χ1v) is 7.77. The zero-order valence-electron chi connectivity index (χ0n) is 11.5. The van der Waals surface area contributed by atoms with Crippen molar-refractivity contribution in [2.24, 2.45) is 17.6 Å². The SMILES string of the molecule is CCCC1CCCN(CC2CCCC2N)CC1. The molecule has 17 heavy (non-hydrogen) atoms. The van der Waals surface area contributed by atoms with Crippen molar-refractivity contribution >= 4 is 0 Å². The van der Waals surface area contributed by atoms with Crippen LogP contribution in [-0.2, 0) is 0 Å². The number of nitrogens with zero attached hydrogens (tertiary/aromatic N) is 1. The second-order valence-corrected chi connectivity index (χ2v) is 6.24. The Labute approximate surface area is 107 Å². The first-order chi connectivity index (χ1) is 8.29. The molecule has 2 rings (SSSR count). The predicted octanol–water partition coefficient (Wildman–Crippen LogP) is 3.02. The van der Waals surface area contributed by atoms with Gasteiger partial charge in [-0.3, -0.25) is 0 Å². The van der Waals surface area contributed by atoms with Crippen LogP contribution in [-0.4, -0.2) is 30.6 Å². The molecular weight excluding hydrogens is 208 g/mol. The Kier molecular flexibility index (Phi) is 5.30. The van der Waals surface area contributed by atoms with E-state index in [9.17, 15) is 0 Å². The largest absolute Gasteiger partial charge is 0.327 e. The molecule has 1 aliphatic heterocycles. The summed E-state index contributed by atoms with van der Waals surface area (Å²) in [6.45, 7) is 6.25. The molecule has 2 nitrogen and oxygen atoms in total. The Morgan fingerprint density at radius 3 is 2.65 bits per heavy atom. The molecular formula is C15H30N2. The molecule has 0 aromatic heterocycles. The van der Waals surface area contributed by atoms with Crippen LogP contribution in [0, 0.1) is 11.8 Å². The van der Waals surface area contributed by atoms with Crippen LogP contribution in [0.2, 0.25) is 0 Å². The fraction of sp³-hybridized carbons (Fsp3) is 1.00. The van der Waals surface area contributed by atoms with Crippen LogP contribution in [0.5, 0.6) is 0 Å². The minimum atomic E-state index is 0.490. The van der Waals surface area contributed by atoms with Crippen molar-refractivity contribution in [2.45, 2.75) is 64.3 Å². The summed E-state index contributed by atoms with van der Waals surface area (Å²) in [5.41, 5.74) is 6.18. The molecule has 0 aromatic rings. The molecule has 1 saturated carbocycles. The first kappa shape index (κ1) is 13.4. The number of nitrogens with two attached hydrogens (primary N) is 1. The minimum absolute atomic E-state index is 0.490. The Bertz CT molecular complexity index is 217. The van der Waals surface area contributed by atoms with Gasteiger partial charge in [-0.05, 0) is 57.0 Å². The van der Waals surface area contributed by atoms with Crippen LogP contribution < -0.4 is 5.73 Å². The zero-order chi connectivity index (χ0) is 12.1. The smallest absolute Gasteiger partial charge is 0.00793 e. The Balaban J connectivity index is 1.74.